The van der Waals surface area contributed by atoms with E-state index in [4.69, 9.17) is 0 Å². The van der Waals surface area contributed by atoms with Crippen molar-refractivity contribution in [1.82, 2.24) is 0 Å². The van der Waals surface area contributed by atoms with Gasteiger partial charge in [0.05, 0.1) is 6.10 Å². The van der Waals surface area contributed by atoms with Gasteiger partial charge in [-0.1, -0.05) is 13.8 Å². The first kappa shape index (κ1) is 17.0. The Kier molecular flexibility index (Phi) is 4.12. The zero-order valence-corrected chi connectivity index (χ0v) is 15.3. The van der Waals surface area contributed by atoms with Crippen molar-refractivity contribution >= 4 is 5.78 Å². The molecular formula is C21H34O3. The van der Waals surface area contributed by atoms with Crippen molar-refractivity contribution < 1.29 is 15.0 Å². The van der Waals surface area contributed by atoms with Gasteiger partial charge in [0, 0.05) is 5.92 Å². The highest BCUT2D eigenvalue weighted by molar-refractivity contribution is 5.83. The molecule has 4 fully saturated rings. The predicted octanol–water partition coefficient (Wildman–Crippen LogP) is 3.57. The molecule has 0 amide bonds. The monoisotopic (exact) mass is 334 g/mol. The Morgan fingerprint density at radius 3 is 2.42 bits per heavy atom. The van der Waals surface area contributed by atoms with Crippen LogP contribution in [0.1, 0.15) is 71.6 Å². The van der Waals surface area contributed by atoms with Crippen molar-refractivity contribution in [2.75, 3.05) is 6.61 Å². The molecule has 0 aromatic rings. The average Bonchev–Trinajstić information content (AvgIpc) is 2.92. The molecule has 0 aromatic heterocycles. The summed E-state index contributed by atoms with van der Waals surface area (Å²) in [5, 5.41) is 19.5. The largest absolute Gasteiger partial charge is 0.393 e. The van der Waals surface area contributed by atoms with Crippen LogP contribution in [-0.2, 0) is 4.79 Å². The van der Waals surface area contributed by atoms with E-state index >= 15 is 0 Å². The molecule has 0 radical (unpaired) electrons. The van der Waals surface area contributed by atoms with E-state index in [-0.39, 0.29) is 29.8 Å². The summed E-state index contributed by atoms with van der Waals surface area (Å²) in [5.74, 6) is 3.08. The number of rotatable bonds is 2. The van der Waals surface area contributed by atoms with E-state index < -0.39 is 0 Å². The second kappa shape index (κ2) is 5.81. The van der Waals surface area contributed by atoms with Crippen molar-refractivity contribution in [3.8, 4) is 0 Å². The number of carbonyl (C=O) groups is 1. The van der Waals surface area contributed by atoms with Gasteiger partial charge in [-0.15, -0.1) is 0 Å². The number of Topliss-reactive ketones (excluding diaryl/α,β-unsaturated/α-hetero) is 1. The molecule has 3 nitrogen and oxygen atoms in total. The van der Waals surface area contributed by atoms with Gasteiger partial charge < -0.3 is 10.2 Å². The molecule has 0 aromatic carbocycles. The van der Waals surface area contributed by atoms with Crippen LogP contribution in [0.3, 0.4) is 0 Å². The van der Waals surface area contributed by atoms with Gasteiger partial charge in [0.15, 0.2) is 5.78 Å². The fourth-order valence-electron chi connectivity index (χ4n) is 7.87. The average molecular weight is 335 g/mol. The smallest absolute Gasteiger partial charge is 0.161 e. The van der Waals surface area contributed by atoms with Crippen molar-refractivity contribution in [3.05, 3.63) is 0 Å². The van der Waals surface area contributed by atoms with Gasteiger partial charge in [-0.05, 0) is 92.3 Å². The minimum absolute atomic E-state index is 0.0773. The van der Waals surface area contributed by atoms with Gasteiger partial charge in [0.1, 0.15) is 6.61 Å². The summed E-state index contributed by atoms with van der Waals surface area (Å²) in [6.45, 7) is 4.57. The fraction of sp³-hybridized carbons (Fsp3) is 0.952. The second-order valence-electron chi connectivity index (χ2n) is 9.88. The Labute approximate surface area is 146 Å². The Morgan fingerprint density at radius 1 is 0.958 bits per heavy atom. The molecule has 4 saturated carbocycles. The summed E-state index contributed by atoms with van der Waals surface area (Å²) in [4.78, 5) is 12.3. The first-order valence-corrected chi connectivity index (χ1v) is 10.2. The molecule has 3 heteroatoms. The number of aliphatic hydroxyl groups excluding tert-OH is 2. The third-order valence-corrected chi connectivity index (χ3v) is 9.18. The van der Waals surface area contributed by atoms with Crippen LogP contribution in [0.4, 0.5) is 0 Å². The van der Waals surface area contributed by atoms with Gasteiger partial charge in [-0.3, -0.25) is 4.79 Å². The molecule has 0 heterocycles. The van der Waals surface area contributed by atoms with Crippen molar-refractivity contribution in [1.29, 1.82) is 0 Å². The first-order chi connectivity index (χ1) is 11.4. The maximum Gasteiger partial charge on any atom is 0.161 e. The summed E-state index contributed by atoms with van der Waals surface area (Å²) in [5.41, 5.74) is 0.529. The van der Waals surface area contributed by atoms with Crippen LogP contribution < -0.4 is 0 Å². The van der Waals surface area contributed by atoms with E-state index in [1.54, 1.807) is 0 Å². The highest BCUT2D eigenvalue weighted by Gasteiger charge is 2.60. The lowest BCUT2D eigenvalue weighted by Crippen LogP contribution is -2.54. The summed E-state index contributed by atoms with van der Waals surface area (Å²) >= 11 is 0. The molecule has 4 aliphatic rings. The summed E-state index contributed by atoms with van der Waals surface area (Å²) < 4.78 is 0. The van der Waals surface area contributed by atoms with E-state index in [1.165, 1.54) is 32.1 Å². The molecule has 136 valence electrons. The maximum absolute atomic E-state index is 12.3. The highest BCUT2D eigenvalue weighted by Crippen LogP contribution is 2.67. The number of carbonyl (C=O) groups excluding carboxylic acids is 1. The van der Waals surface area contributed by atoms with E-state index in [9.17, 15) is 15.0 Å². The standard InChI is InChI=1S/C21H34O3/c1-20-9-7-14(23)11-13(20)3-4-15-16-5-6-18(19(24)12-22)21(16,2)10-8-17(15)20/h13-18,22-23H,3-12H2,1-2H3/t13-,14+,15-,16-,17-,18?,20-,21-/m0/s1. The van der Waals surface area contributed by atoms with Crippen LogP contribution in [0.25, 0.3) is 0 Å². The molecule has 1 unspecified atom stereocenters. The number of ketones is 1. The number of hydrogen-bond acceptors (Lipinski definition) is 3. The Bertz CT molecular complexity index is 517. The topological polar surface area (TPSA) is 57.5 Å². The summed E-state index contributed by atoms with van der Waals surface area (Å²) in [7, 11) is 0. The molecule has 2 N–H and O–H groups in total. The normalized spacial score (nSPS) is 53.8. The Hall–Kier alpha value is -0.410. The predicted molar refractivity (Wildman–Crippen MR) is 93.3 cm³/mol. The molecule has 0 spiro atoms. The molecule has 24 heavy (non-hydrogen) atoms. The number of hydrogen-bond donors (Lipinski definition) is 2. The summed E-state index contributed by atoms with van der Waals surface area (Å²) in [6, 6.07) is 0. The lowest BCUT2D eigenvalue weighted by atomic mass is 9.44. The minimum Gasteiger partial charge on any atom is -0.393 e. The third kappa shape index (κ3) is 2.26. The molecular weight excluding hydrogens is 300 g/mol. The van der Waals surface area contributed by atoms with Crippen molar-refractivity contribution in [2.45, 2.75) is 77.7 Å². The number of fused-ring (bicyclic) bond motifs is 5. The zero-order chi connectivity index (χ0) is 17.1. The van der Waals surface area contributed by atoms with E-state index in [2.05, 4.69) is 13.8 Å². The molecule has 4 rings (SSSR count). The lowest BCUT2D eigenvalue weighted by Gasteiger charge is -2.60. The van der Waals surface area contributed by atoms with Crippen LogP contribution in [0.5, 0.6) is 0 Å². The molecule has 0 bridgehead atoms. The summed E-state index contributed by atoms with van der Waals surface area (Å²) in [6.07, 6.45) is 10.2. The van der Waals surface area contributed by atoms with Crippen molar-refractivity contribution in [3.63, 3.8) is 0 Å². The Balaban J connectivity index is 1.60. The fourth-order valence-corrected chi connectivity index (χ4v) is 7.87. The first-order valence-electron chi connectivity index (χ1n) is 10.2. The van der Waals surface area contributed by atoms with Gasteiger partial charge >= 0.3 is 0 Å². The van der Waals surface area contributed by atoms with Gasteiger partial charge in [-0.25, -0.2) is 0 Å². The molecule has 4 aliphatic carbocycles. The SMILES string of the molecule is C[C@]12CC[C@@H](O)C[C@@H]1CC[C@@H]1[C@@H]2CC[C@]2(C)C(C(=O)CO)CC[C@@H]12. The molecule has 8 atom stereocenters. The maximum atomic E-state index is 12.3. The van der Waals surface area contributed by atoms with Crippen LogP contribution in [0.15, 0.2) is 0 Å². The van der Waals surface area contributed by atoms with Gasteiger partial charge in [-0.2, -0.15) is 0 Å². The van der Waals surface area contributed by atoms with Gasteiger partial charge in [0.25, 0.3) is 0 Å². The van der Waals surface area contributed by atoms with Crippen LogP contribution in [-0.4, -0.2) is 28.7 Å². The highest BCUT2D eigenvalue weighted by atomic mass is 16.3. The van der Waals surface area contributed by atoms with E-state index in [0.717, 1.165) is 37.5 Å². The third-order valence-electron chi connectivity index (χ3n) is 9.18. The van der Waals surface area contributed by atoms with E-state index in [0.29, 0.717) is 17.3 Å². The van der Waals surface area contributed by atoms with Crippen LogP contribution in [0, 0.1) is 40.4 Å². The van der Waals surface area contributed by atoms with Crippen LogP contribution >= 0.6 is 0 Å². The van der Waals surface area contributed by atoms with Crippen molar-refractivity contribution in [2.24, 2.45) is 40.4 Å². The van der Waals surface area contributed by atoms with Crippen LogP contribution in [0.2, 0.25) is 0 Å². The number of aliphatic hydroxyl groups is 2. The van der Waals surface area contributed by atoms with E-state index in [1.807, 2.05) is 0 Å². The lowest BCUT2D eigenvalue weighted by molar-refractivity contribution is -0.141. The molecule has 0 saturated heterocycles. The second-order valence-corrected chi connectivity index (χ2v) is 9.88. The Morgan fingerprint density at radius 2 is 1.67 bits per heavy atom. The zero-order valence-electron chi connectivity index (χ0n) is 15.3. The molecule has 0 aliphatic heterocycles. The quantitative estimate of drug-likeness (QED) is 0.812. The van der Waals surface area contributed by atoms with Gasteiger partial charge in [0.2, 0.25) is 0 Å². The minimum atomic E-state index is -0.279.